The number of hydrogen-bond acceptors (Lipinski definition) is 0. The molecule has 96 valence electrons. The molecule has 14 heavy (non-hydrogen) atoms. The van der Waals surface area contributed by atoms with E-state index in [0.717, 1.165) is 0 Å². The van der Waals surface area contributed by atoms with E-state index in [0.29, 0.717) is 5.41 Å². The van der Waals surface area contributed by atoms with Gasteiger partial charge in [-0.2, -0.15) is 0 Å². The van der Waals surface area contributed by atoms with Gasteiger partial charge in [0.25, 0.3) is 0 Å². The van der Waals surface area contributed by atoms with Gasteiger partial charge in [0.15, 0.2) is 0 Å². The molecule has 0 saturated heterocycles. The quantitative estimate of drug-likeness (QED) is 0.469. The topological polar surface area (TPSA) is 0 Å². The fourth-order valence-corrected chi connectivity index (χ4v) is 0. The average molecular weight is 232 g/mol. The van der Waals surface area contributed by atoms with Crippen molar-refractivity contribution in [3.05, 3.63) is 0 Å². The Morgan fingerprint density at radius 1 is 0.429 bits per heavy atom. The maximum atomic E-state index is 2.19. The molecule has 0 aromatic carbocycles. The first-order valence-corrected chi connectivity index (χ1v) is 6.00. The second-order valence-corrected chi connectivity index (χ2v) is 3.00. The molecule has 0 aliphatic carbocycles. The van der Waals surface area contributed by atoms with Crippen LogP contribution >= 0.6 is 0 Å². The minimum absolute atomic E-state index is 0. The van der Waals surface area contributed by atoms with Crippen molar-refractivity contribution in [1.82, 2.24) is 0 Å². The first kappa shape index (κ1) is 36.2. The zero-order valence-corrected chi connectivity index (χ0v) is 13.6. The maximum absolute atomic E-state index is 2.19. The molecule has 0 bridgehead atoms. The molecular formula is C13H36Ar. The van der Waals surface area contributed by atoms with E-state index in [1.807, 2.05) is 55.4 Å². The molecule has 0 spiro atoms. The van der Waals surface area contributed by atoms with Crippen LogP contribution in [0.2, 0.25) is 0 Å². The van der Waals surface area contributed by atoms with Gasteiger partial charge in [0, 0.05) is 37.7 Å². The van der Waals surface area contributed by atoms with Gasteiger partial charge in [-0.25, -0.2) is 0 Å². The van der Waals surface area contributed by atoms with Gasteiger partial charge in [-0.05, 0) is 5.41 Å². The van der Waals surface area contributed by atoms with E-state index in [9.17, 15) is 0 Å². The van der Waals surface area contributed by atoms with Crippen LogP contribution < -0.4 is 0 Å². The molecule has 1 heteroatoms. The summed E-state index contributed by atoms with van der Waals surface area (Å²) in [5, 5.41) is 0. The second kappa shape index (κ2) is 47.6. The first-order chi connectivity index (χ1) is 6.00. The minimum Gasteiger partial charge on any atom is -0.0683 e. The van der Waals surface area contributed by atoms with Crippen LogP contribution in [-0.4, -0.2) is 0 Å². The van der Waals surface area contributed by atoms with E-state index in [-0.39, 0.29) is 37.7 Å². The molecule has 0 aliphatic rings. The normalized spacial score (nSPS) is 6.00. The molecule has 0 fully saturated rings. The summed E-state index contributed by atoms with van der Waals surface area (Å²) in [6, 6.07) is 0. The molecule has 0 aromatic rings. The Hall–Kier alpha value is 1.26. The summed E-state index contributed by atoms with van der Waals surface area (Å²) in [6.07, 6.45) is 0. The van der Waals surface area contributed by atoms with Crippen LogP contribution in [0.1, 0.15) is 83.1 Å². The van der Waals surface area contributed by atoms with Gasteiger partial charge in [0.2, 0.25) is 0 Å². The van der Waals surface area contributed by atoms with Crippen LogP contribution in [0.4, 0.5) is 0 Å². The summed E-state index contributed by atoms with van der Waals surface area (Å²) in [7, 11) is 0. The van der Waals surface area contributed by atoms with Crippen molar-refractivity contribution in [3.8, 4) is 0 Å². The minimum atomic E-state index is 0. The van der Waals surface area contributed by atoms with Crippen LogP contribution in [0, 0.1) is 43.2 Å². The van der Waals surface area contributed by atoms with Crippen molar-refractivity contribution in [2.45, 2.75) is 83.1 Å². The Bertz CT molecular complexity index is 20.7. The van der Waals surface area contributed by atoms with Crippen molar-refractivity contribution in [2.75, 3.05) is 0 Å². The van der Waals surface area contributed by atoms with Gasteiger partial charge in [0.05, 0.1) is 0 Å². The smallest absolute Gasteiger partial charge is 0 e. The van der Waals surface area contributed by atoms with Crippen LogP contribution in [-0.2, 0) is 0 Å². The van der Waals surface area contributed by atoms with E-state index in [1.54, 1.807) is 0 Å². The summed E-state index contributed by atoms with van der Waals surface area (Å²) in [5.74, 6) is 0. The van der Waals surface area contributed by atoms with Crippen LogP contribution in [0.15, 0.2) is 0 Å². The average Bonchev–Trinajstić information content (AvgIpc) is 2.14. The van der Waals surface area contributed by atoms with Crippen LogP contribution in [0.25, 0.3) is 0 Å². The van der Waals surface area contributed by atoms with Gasteiger partial charge in [-0.15, -0.1) is 0 Å². The van der Waals surface area contributed by atoms with Crippen molar-refractivity contribution < 1.29 is 37.7 Å². The third kappa shape index (κ3) is 1260. The third-order valence-electron chi connectivity index (χ3n) is 0. The molecule has 0 nitrogen and oxygen atoms in total. The van der Waals surface area contributed by atoms with Crippen LogP contribution in [0.3, 0.4) is 0 Å². The van der Waals surface area contributed by atoms with Crippen molar-refractivity contribution >= 4 is 0 Å². The van der Waals surface area contributed by atoms with E-state index in [1.165, 1.54) is 0 Å². The Labute approximate surface area is 125 Å². The van der Waals surface area contributed by atoms with Crippen molar-refractivity contribution in [2.24, 2.45) is 5.41 Å². The van der Waals surface area contributed by atoms with E-state index >= 15 is 0 Å². The van der Waals surface area contributed by atoms with Gasteiger partial charge in [-0.1, -0.05) is 83.1 Å². The number of hydrogen-bond donors (Lipinski definition) is 0. The summed E-state index contributed by atoms with van der Waals surface area (Å²) < 4.78 is 0. The molecule has 0 atom stereocenters. The predicted molar refractivity (Wildman–Crippen MR) is 70.5 cm³/mol. The molecule has 0 aliphatic heterocycles. The standard InChI is InChI=1S/C5H12.4C2H6.Ar/c1-5(2,3)4;4*1-2;/h1-4H3;4*1-2H3;. The molecule has 0 aromatic heterocycles. The zero-order valence-electron chi connectivity index (χ0n) is 12.9. The first-order valence-electron chi connectivity index (χ1n) is 6.00. The predicted octanol–water partition coefficient (Wildman–Crippen LogP) is 6.16. The van der Waals surface area contributed by atoms with Gasteiger partial charge in [-0.3, -0.25) is 0 Å². The Kier molecular flexibility index (Phi) is 123. The summed E-state index contributed by atoms with van der Waals surface area (Å²) in [4.78, 5) is 0. The molecule has 0 rings (SSSR count). The fourth-order valence-electron chi connectivity index (χ4n) is 0. The Balaban J connectivity index is -0.0000000156. The summed E-state index contributed by atoms with van der Waals surface area (Å²) in [5.41, 5.74) is 0.500. The molecule has 0 unspecified atom stereocenters. The molecule has 0 radical (unpaired) electrons. The zero-order chi connectivity index (χ0) is 12.5. The van der Waals surface area contributed by atoms with E-state index in [4.69, 9.17) is 0 Å². The molecule has 0 N–H and O–H groups in total. The third-order valence-corrected chi connectivity index (χ3v) is 0. The van der Waals surface area contributed by atoms with Gasteiger partial charge < -0.3 is 0 Å². The second-order valence-electron chi connectivity index (χ2n) is 3.00. The van der Waals surface area contributed by atoms with Crippen molar-refractivity contribution in [3.63, 3.8) is 0 Å². The summed E-state index contributed by atoms with van der Waals surface area (Å²) in [6.45, 7) is 24.8. The largest absolute Gasteiger partial charge is 0.0683 e. The van der Waals surface area contributed by atoms with Crippen molar-refractivity contribution in [1.29, 1.82) is 0 Å². The van der Waals surface area contributed by atoms with Gasteiger partial charge in [0.1, 0.15) is 0 Å². The Morgan fingerprint density at radius 3 is 0.429 bits per heavy atom. The molecule has 0 amide bonds. The molecule has 0 saturated carbocycles. The SMILES string of the molecule is CC.CC.CC.CC.CC(C)(C)C.[Ar]. The maximum Gasteiger partial charge on any atom is 0 e. The number of rotatable bonds is 0. The van der Waals surface area contributed by atoms with Crippen LogP contribution in [0.5, 0.6) is 0 Å². The van der Waals surface area contributed by atoms with E-state index < -0.39 is 0 Å². The Morgan fingerprint density at radius 2 is 0.429 bits per heavy atom. The van der Waals surface area contributed by atoms with Gasteiger partial charge >= 0.3 is 0 Å². The summed E-state index contributed by atoms with van der Waals surface area (Å²) >= 11 is 0. The molecular weight excluding hydrogens is 196 g/mol. The van der Waals surface area contributed by atoms with E-state index in [2.05, 4.69) is 27.7 Å². The monoisotopic (exact) mass is 232 g/mol. The fraction of sp³-hybridized carbons (Fsp3) is 1.00. The molecule has 0 heterocycles.